The second-order valence-corrected chi connectivity index (χ2v) is 6.99. The molecule has 0 N–H and O–H groups in total. The molecule has 2 aromatic carbocycles. The molecule has 0 unspecified atom stereocenters. The third-order valence-electron chi connectivity index (χ3n) is 4.71. The van der Waals surface area contributed by atoms with E-state index in [1.165, 1.54) is 41.3 Å². The van der Waals surface area contributed by atoms with E-state index in [2.05, 4.69) is 15.5 Å². The number of halogens is 1. The van der Waals surface area contributed by atoms with Crippen LogP contribution in [-0.2, 0) is 9.53 Å². The highest BCUT2D eigenvalue weighted by Crippen LogP contribution is 2.21. The van der Waals surface area contributed by atoms with Crippen LogP contribution in [-0.4, -0.2) is 38.6 Å². The van der Waals surface area contributed by atoms with Crippen LogP contribution in [0, 0.1) is 5.82 Å². The van der Waals surface area contributed by atoms with Crippen LogP contribution in [0.3, 0.4) is 0 Å². The zero-order chi connectivity index (χ0) is 23.0. The average Bonchev–Trinajstić information content (AvgIpc) is 3.53. The number of ketones is 1. The lowest BCUT2D eigenvalue weighted by atomic mass is 10.1. The van der Waals surface area contributed by atoms with E-state index in [9.17, 15) is 14.0 Å². The number of furan rings is 1. The summed E-state index contributed by atoms with van der Waals surface area (Å²) in [6.45, 7) is 0.00403. The SMILES string of the molecule is O=C(OCCCC(=O)c1ccc(F)cc1)/C(=C/c1ccco1)n1nnnc1-c1ccccc1. The van der Waals surface area contributed by atoms with Crippen LogP contribution in [0.5, 0.6) is 0 Å². The molecule has 0 aliphatic rings. The first kappa shape index (κ1) is 21.8. The number of hydrogen-bond acceptors (Lipinski definition) is 7. The summed E-state index contributed by atoms with van der Waals surface area (Å²) < 4.78 is 25.0. The fourth-order valence-electron chi connectivity index (χ4n) is 3.08. The molecular weight excluding hydrogens is 427 g/mol. The van der Waals surface area contributed by atoms with Gasteiger partial charge in [-0.1, -0.05) is 30.3 Å². The van der Waals surface area contributed by atoms with Gasteiger partial charge in [0, 0.05) is 23.6 Å². The number of rotatable bonds is 9. The van der Waals surface area contributed by atoms with Crippen molar-refractivity contribution in [2.24, 2.45) is 0 Å². The van der Waals surface area contributed by atoms with E-state index < -0.39 is 11.8 Å². The molecule has 2 heterocycles. The number of aromatic nitrogens is 4. The molecule has 4 rings (SSSR count). The van der Waals surface area contributed by atoms with Gasteiger partial charge in [-0.2, -0.15) is 4.68 Å². The molecule has 0 fully saturated rings. The van der Waals surface area contributed by atoms with Gasteiger partial charge in [-0.3, -0.25) is 4.79 Å². The normalized spacial score (nSPS) is 11.4. The molecule has 0 aliphatic carbocycles. The van der Waals surface area contributed by atoms with Gasteiger partial charge in [0.2, 0.25) is 0 Å². The molecule has 9 heteroatoms. The number of nitrogens with zero attached hydrogens (tertiary/aromatic N) is 4. The van der Waals surface area contributed by atoms with Crippen molar-refractivity contribution in [3.8, 4) is 11.4 Å². The predicted octanol–water partition coefficient (Wildman–Crippen LogP) is 4.28. The summed E-state index contributed by atoms with van der Waals surface area (Å²) in [4.78, 5) is 25.1. The van der Waals surface area contributed by atoms with Crippen LogP contribution < -0.4 is 0 Å². The molecule has 0 saturated carbocycles. The van der Waals surface area contributed by atoms with Gasteiger partial charge in [0.15, 0.2) is 17.3 Å². The second-order valence-electron chi connectivity index (χ2n) is 6.99. The van der Waals surface area contributed by atoms with E-state index in [-0.39, 0.29) is 24.5 Å². The number of Topliss-reactive ketones (excluding diaryl/α,β-unsaturated/α-hetero) is 1. The van der Waals surface area contributed by atoms with Crippen molar-refractivity contribution >= 4 is 23.5 Å². The van der Waals surface area contributed by atoms with Crippen molar-refractivity contribution < 1.29 is 23.1 Å². The van der Waals surface area contributed by atoms with Crippen LogP contribution in [0.4, 0.5) is 4.39 Å². The lowest BCUT2D eigenvalue weighted by Gasteiger charge is -2.10. The third kappa shape index (κ3) is 5.45. The molecule has 4 aromatic rings. The number of carbonyl (C=O) groups is 2. The highest BCUT2D eigenvalue weighted by molar-refractivity contribution is 6.15. The van der Waals surface area contributed by atoms with E-state index in [0.29, 0.717) is 29.1 Å². The number of carbonyl (C=O) groups excluding carboxylic acids is 2. The Hall–Kier alpha value is -4.40. The zero-order valence-corrected chi connectivity index (χ0v) is 17.4. The van der Waals surface area contributed by atoms with Gasteiger partial charge < -0.3 is 9.15 Å². The Morgan fingerprint density at radius 3 is 2.55 bits per heavy atom. The largest absolute Gasteiger partial charge is 0.465 e. The number of ether oxygens (including phenoxy) is 1. The van der Waals surface area contributed by atoms with E-state index in [0.717, 1.165) is 0 Å². The minimum absolute atomic E-state index is 0.00403. The average molecular weight is 446 g/mol. The van der Waals surface area contributed by atoms with Crippen molar-refractivity contribution in [3.05, 3.63) is 90.1 Å². The molecule has 0 amide bonds. The smallest absolute Gasteiger partial charge is 0.357 e. The highest BCUT2D eigenvalue weighted by atomic mass is 19.1. The zero-order valence-electron chi connectivity index (χ0n) is 17.4. The molecule has 166 valence electrons. The quantitative estimate of drug-likeness (QED) is 0.164. The number of hydrogen-bond donors (Lipinski definition) is 0. The summed E-state index contributed by atoms with van der Waals surface area (Å²) in [6.07, 6.45) is 3.41. The van der Waals surface area contributed by atoms with Gasteiger partial charge in [0.05, 0.1) is 12.9 Å². The standard InChI is InChI=1S/C24H19FN4O4/c25-19-12-10-17(11-13-19)22(30)9-5-15-33-24(31)21(16-20-8-4-14-32-20)29-23(26-27-28-29)18-6-2-1-3-7-18/h1-4,6-8,10-14,16H,5,9,15H2/b21-16-. The van der Waals surface area contributed by atoms with Crippen molar-refractivity contribution in [2.45, 2.75) is 12.8 Å². The van der Waals surface area contributed by atoms with Crippen molar-refractivity contribution in [3.63, 3.8) is 0 Å². The molecular formula is C24H19FN4O4. The van der Waals surface area contributed by atoms with Crippen LogP contribution >= 0.6 is 0 Å². The lowest BCUT2D eigenvalue weighted by molar-refractivity contribution is -0.137. The van der Waals surface area contributed by atoms with Gasteiger partial charge in [-0.05, 0) is 53.2 Å². The van der Waals surface area contributed by atoms with E-state index in [1.54, 1.807) is 12.1 Å². The molecule has 0 bridgehead atoms. The number of esters is 1. The summed E-state index contributed by atoms with van der Waals surface area (Å²) >= 11 is 0. The monoisotopic (exact) mass is 446 g/mol. The molecule has 0 aliphatic heterocycles. The molecule has 2 aromatic heterocycles. The summed E-state index contributed by atoms with van der Waals surface area (Å²) in [6, 6.07) is 17.9. The topological polar surface area (TPSA) is 100 Å². The van der Waals surface area contributed by atoms with E-state index in [1.807, 2.05) is 30.3 Å². The Balaban J connectivity index is 1.46. The summed E-state index contributed by atoms with van der Waals surface area (Å²) in [5.41, 5.74) is 1.17. The van der Waals surface area contributed by atoms with Crippen LogP contribution in [0.2, 0.25) is 0 Å². The van der Waals surface area contributed by atoms with Crippen LogP contribution in [0.1, 0.15) is 29.0 Å². The van der Waals surface area contributed by atoms with Gasteiger partial charge in [0.25, 0.3) is 0 Å². The fourth-order valence-corrected chi connectivity index (χ4v) is 3.08. The third-order valence-corrected chi connectivity index (χ3v) is 4.71. The van der Waals surface area contributed by atoms with Gasteiger partial charge in [-0.15, -0.1) is 5.10 Å². The summed E-state index contributed by atoms with van der Waals surface area (Å²) in [7, 11) is 0. The first-order valence-electron chi connectivity index (χ1n) is 10.2. The van der Waals surface area contributed by atoms with Crippen LogP contribution in [0.25, 0.3) is 23.2 Å². The highest BCUT2D eigenvalue weighted by Gasteiger charge is 2.21. The van der Waals surface area contributed by atoms with Crippen molar-refractivity contribution in [1.82, 2.24) is 20.2 Å². The van der Waals surface area contributed by atoms with E-state index in [4.69, 9.17) is 9.15 Å². The molecule has 0 spiro atoms. The number of benzene rings is 2. The van der Waals surface area contributed by atoms with Gasteiger partial charge >= 0.3 is 5.97 Å². The fraction of sp³-hybridized carbons (Fsp3) is 0.125. The van der Waals surface area contributed by atoms with Gasteiger partial charge in [-0.25, -0.2) is 9.18 Å². The minimum Gasteiger partial charge on any atom is -0.465 e. The Labute approximate surface area is 188 Å². The maximum absolute atomic E-state index is 13.0. The Morgan fingerprint density at radius 1 is 1.03 bits per heavy atom. The molecule has 0 atom stereocenters. The molecule has 8 nitrogen and oxygen atoms in total. The maximum atomic E-state index is 13.0. The molecule has 0 radical (unpaired) electrons. The van der Waals surface area contributed by atoms with E-state index >= 15 is 0 Å². The van der Waals surface area contributed by atoms with Crippen molar-refractivity contribution in [1.29, 1.82) is 0 Å². The Bertz CT molecular complexity index is 1250. The Kier molecular flexibility index (Phi) is 6.79. The molecule has 0 saturated heterocycles. The summed E-state index contributed by atoms with van der Waals surface area (Å²) in [5.74, 6) is -0.469. The van der Waals surface area contributed by atoms with Crippen molar-refractivity contribution in [2.75, 3.05) is 6.61 Å². The van der Waals surface area contributed by atoms with Gasteiger partial charge in [0.1, 0.15) is 11.6 Å². The first-order valence-corrected chi connectivity index (χ1v) is 10.2. The number of tetrazole rings is 1. The minimum atomic E-state index is -0.676. The maximum Gasteiger partial charge on any atom is 0.357 e. The first-order chi connectivity index (χ1) is 16.1. The lowest BCUT2D eigenvalue weighted by Crippen LogP contribution is -2.16. The second kappa shape index (κ2) is 10.3. The summed E-state index contributed by atoms with van der Waals surface area (Å²) in [5, 5.41) is 11.7. The van der Waals surface area contributed by atoms with Crippen LogP contribution in [0.15, 0.2) is 77.4 Å². The molecule has 33 heavy (non-hydrogen) atoms. The predicted molar refractivity (Wildman–Crippen MR) is 117 cm³/mol. The Morgan fingerprint density at radius 2 is 1.82 bits per heavy atom.